The van der Waals surface area contributed by atoms with E-state index in [1.165, 1.54) is 0 Å². The van der Waals surface area contributed by atoms with Gasteiger partial charge in [0.25, 0.3) is 0 Å². The van der Waals surface area contributed by atoms with E-state index in [-0.39, 0.29) is 0 Å². The van der Waals surface area contributed by atoms with Crippen molar-refractivity contribution in [2.45, 2.75) is 0 Å². The van der Waals surface area contributed by atoms with Crippen molar-refractivity contribution in [3.63, 3.8) is 0 Å². The lowest BCUT2D eigenvalue weighted by Gasteiger charge is -2.11. The van der Waals surface area contributed by atoms with E-state index < -0.39 is 0 Å². The fourth-order valence-corrected chi connectivity index (χ4v) is 2.96. The summed E-state index contributed by atoms with van der Waals surface area (Å²) in [6.45, 7) is 1.26. The highest BCUT2D eigenvalue weighted by Gasteiger charge is 2.08. The number of nitrogens with one attached hydrogen (secondary N) is 2. The molecule has 2 N–H and O–H groups in total. The number of hydrogen-bond acceptors (Lipinski definition) is 6. The average molecular weight is 390 g/mol. The number of imidazole rings is 1. The molecule has 4 rings (SSSR count). The molecule has 138 valence electrons. The Balaban J connectivity index is 1.48. The van der Waals surface area contributed by atoms with Crippen LogP contribution in [0.25, 0.3) is 16.9 Å². The van der Waals surface area contributed by atoms with E-state index in [1.807, 2.05) is 40.9 Å². The predicted molar refractivity (Wildman–Crippen MR) is 109 cm³/mol. The zero-order valence-electron chi connectivity index (χ0n) is 14.8. The van der Waals surface area contributed by atoms with Gasteiger partial charge in [-0.25, -0.2) is 15.0 Å². The lowest BCUT2D eigenvalue weighted by molar-refractivity contribution is 0.995. The molecular formula is C20H16ClN7. The van der Waals surface area contributed by atoms with Crippen LogP contribution in [0.3, 0.4) is 0 Å². The predicted octanol–water partition coefficient (Wildman–Crippen LogP) is 3.84. The molecule has 0 unspecified atom stereocenters. The molecule has 3 aromatic heterocycles. The van der Waals surface area contributed by atoms with E-state index >= 15 is 0 Å². The Hall–Kier alpha value is -3.63. The van der Waals surface area contributed by atoms with Gasteiger partial charge in [-0.3, -0.25) is 4.40 Å². The molecular weight excluding hydrogens is 374 g/mol. The van der Waals surface area contributed by atoms with Crippen LogP contribution in [-0.2, 0) is 0 Å². The number of benzene rings is 1. The van der Waals surface area contributed by atoms with Crippen molar-refractivity contribution in [1.29, 1.82) is 5.26 Å². The van der Waals surface area contributed by atoms with E-state index in [2.05, 4.69) is 26.7 Å². The van der Waals surface area contributed by atoms with Crippen LogP contribution in [-0.4, -0.2) is 32.4 Å². The van der Waals surface area contributed by atoms with Crippen LogP contribution in [0.1, 0.15) is 5.56 Å². The van der Waals surface area contributed by atoms with E-state index in [0.717, 1.165) is 16.9 Å². The third kappa shape index (κ3) is 3.87. The molecule has 28 heavy (non-hydrogen) atoms. The minimum Gasteiger partial charge on any atom is -0.368 e. The molecule has 1 aromatic carbocycles. The lowest BCUT2D eigenvalue weighted by Crippen LogP contribution is -2.16. The third-order valence-corrected chi connectivity index (χ3v) is 4.35. The first-order valence-corrected chi connectivity index (χ1v) is 9.05. The largest absolute Gasteiger partial charge is 0.368 e. The number of pyridine rings is 1. The molecule has 0 aliphatic carbocycles. The minimum absolute atomic E-state index is 0.535. The Kier molecular flexibility index (Phi) is 5.04. The Morgan fingerprint density at radius 3 is 2.75 bits per heavy atom. The van der Waals surface area contributed by atoms with E-state index in [1.54, 1.807) is 24.5 Å². The van der Waals surface area contributed by atoms with E-state index in [9.17, 15) is 0 Å². The van der Waals surface area contributed by atoms with Gasteiger partial charge in [-0.15, -0.1) is 0 Å². The maximum absolute atomic E-state index is 8.82. The van der Waals surface area contributed by atoms with Crippen LogP contribution in [0.4, 0.5) is 11.8 Å². The molecule has 0 saturated carbocycles. The first-order valence-electron chi connectivity index (χ1n) is 8.67. The quantitative estimate of drug-likeness (QED) is 0.487. The number of aromatic nitrogens is 4. The summed E-state index contributed by atoms with van der Waals surface area (Å²) in [6.07, 6.45) is 5.14. The maximum atomic E-state index is 8.82. The Morgan fingerprint density at radius 2 is 1.96 bits per heavy atom. The van der Waals surface area contributed by atoms with Crippen molar-refractivity contribution in [3.05, 3.63) is 71.6 Å². The summed E-state index contributed by atoms with van der Waals surface area (Å²) in [7, 11) is 0. The first kappa shape index (κ1) is 17.8. The molecule has 0 saturated heterocycles. The molecule has 0 aliphatic rings. The van der Waals surface area contributed by atoms with E-state index in [4.69, 9.17) is 21.8 Å². The summed E-state index contributed by atoms with van der Waals surface area (Å²) in [5.74, 6) is 1.41. The van der Waals surface area contributed by atoms with Gasteiger partial charge in [-0.2, -0.15) is 5.26 Å². The van der Waals surface area contributed by atoms with Gasteiger partial charge in [-0.1, -0.05) is 23.7 Å². The summed E-state index contributed by atoms with van der Waals surface area (Å²) in [4.78, 5) is 13.3. The van der Waals surface area contributed by atoms with Gasteiger partial charge >= 0.3 is 0 Å². The number of nitriles is 1. The SMILES string of the molecule is N#Cc1ccc(NCCNc2nc(-c3cccc(Cl)c3)cc3nccn23)nc1. The topological polar surface area (TPSA) is 90.9 Å². The minimum atomic E-state index is 0.535. The molecule has 8 heteroatoms. The van der Waals surface area contributed by atoms with Gasteiger partial charge in [0.15, 0.2) is 0 Å². The first-order chi connectivity index (χ1) is 13.7. The van der Waals surface area contributed by atoms with Crippen molar-refractivity contribution in [2.24, 2.45) is 0 Å². The van der Waals surface area contributed by atoms with Gasteiger partial charge in [0.2, 0.25) is 5.95 Å². The second-order valence-electron chi connectivity index (χ2n) is 6.03. The second-order valence-corrected chi connectivity index (χ2v) is 6.46. The zero-order chi connectivity index (χ0) is 19.3. The number of halogens is 1. The van der Waals surface area contributed by atoms with Crippen LogP contribution in [0.5, 0.6) is 0 Å². The standard InChI is InChI=1S/C20H16ClN7/c21-16-3-1-2-15(10-16)17-11-19-24-8-9-28(19)20(27-17)25-7-6-23-18-5-4-14(12-22)13-26-18/h1-5,8-11,13H,6-7H2,(H,23,26)(H,25,27). The Labute approximate surface area is 166 Å². The van der Waals surface area contributed by atoms with Crippen LogP contribution in [0.15, 0.2) is 61.1 Å². The molecule has 0 radical (unpaired) electrons. The lowest BCUT2D eigenvalue weighted by atomic mass is 10.1. The monoisotopic (exact) mass is 389 g/mol. The molecule has 4 aromatic rings. The highest BCUT2D eigenvalue weighted by Crippen LogP contribution is 2.24. The summed E-state index contributed by atoms with van der Waals surface area (Å²) >= 11 is 6.12. The smallest absolute Gasteiger partial charge is 0.209 e. The van der Waals surface area contributed by atoms with Crippen molar-refractivity contribution < 1.29 is 0 Å². The molecule has 7 nitrogen and oxygen atoms in total. The molecule has 3 heterocycles. The molecule has 0 bridgehead atoms. The zero-order valence-corrected chi connectivity index (χ0v) is 15.6. The van der Waals surface area contributed by atoms with Gasteiger partial charge < -0.3 is 10.6 Å². The number of fused-ring (bicyclic) bond motifs is 1. The molecule has 0 aliphatic heterocycles. The fourth-order valence-electron chi connectivity index (χ4n) is 2.77. The van der Waals surface area contributed by atoms with Crippen LogP contribution >= 0.6 is 11.6 Å². The number of rotatable bonds is 6. The van der Waals surface area contributed by atoms with Crippen LogP contribution in [0.2, 0.25) is 5.02 Å². The highest BCUT2D eigenvalue weighted by molar-refractivity contribution is 6.30. The Morgan fingerprint density at radius 1 is 1.07 bits per heavy atom. The van der Waals surface area contributed by atoms with Crippen molar-refractivity contribution >= 4 is 29.0 Å². The van der Waals surface area contributed by atoms with Crippen molar-refractivity contribution in [1.82, 2.24) is 19.4 Å². The van der Waals surface area contributed by atoms with Gasteiger partial charge in [0.1, 0.15) is 17.5 Å². The average Bonchev–Trinajstić information content (AvgIpc) is 3.20. The number of hydrogen-bond donors (Lipinski definition) is 2. The summed E-state index contributed by atoms with van der Waals surface area (Å²) in [6, 6.07) is 15.1. The molecule has 0 spiro atoms. The van der Waals surface area contributed by atoms with Crippen LogP contribution < -0.4 is 10.6 Å². The van der Waals surface area contributed by atoms with Gasteiger partial charge in [0.05, 0.1) is 11.3 Å². The Bertz CT molecular complexity index is 1150. The molecule has 0 fully saturated rings. The van der Waals surface area contributed by atoms with Crippen molar-refractivity contribution in [2.75, 3.05) is 23.7 Å². The van der Waals surface area contributed by atoms with Crippen molar-refractivity contribution in [3.8, 4) is 17.3 Å². The number of anilines is 2. The van der Waals surface area contributed by atoms with Gasteiger partial charge in [-0.05, 0) is 24.3 Å². The fraction of sp³-hybridized carbons (Fsp3) is 0.100. The highest BCUT2D eigenvalue weighted by atomic mass is 35.5. The maximum Gasteiger partial charge on any atom is 0.209 e. The molecule has 0 atom stereocenters. The van der Waals surface area contributed by atoms with Crippen LogP contribution in [0, 0.1) is 11.3 Å². The van der Waals surface area contributed by atoms with Gasteiger partial charge in [0, 0.05) is 48.3 Å². The summed E-state index contributed by atoms with van der Waals surface area (Å²) in [5, 5.41) is 16.0. The van der Waals surface area contributed by atoms with E-state index in [0.29, 0.717) is 35.4 Å². The summed E-state index contributed by atoms with van der Waals surface area (Å²) in [5.41, 5.74) is 3.06. The third-order valence-electron chi connectivity index (χ3n) is 4.12. The molecule has 0 amide bonds. The normalized spacial score (nSPS) is 10.6. The summed E-state index contributed by atoms with van der Waals surface area (Å²) < 4.78 is 1.90. The second kappa shape index (κ2) is 7.94. The number of nitrogens with zero attached hydrogens (tertiary/aromatic N) is 5.